The van der Waals surface area contributed by atoms with E-state index < -0.39 is 0 Å². The monoisotopic (exact) mass is 386 g/mol. The summed E-state index contributed by atoms with van der Waals surface area (Å²) in [6.07, 6.45) is 2.16. The number of hydrogen-bond acceptors (Lipinski definition) is 6. The molecule has 4 aromatic rings. The van der Waals surface area contributed by atoms with Gasteiger partial charge in [0.1, 0.15) is 17.2 Å². The van der Waals surface area contributed by atoms with Crippen molar-refractivity contribution in [3.05, 3.63) is 83.8 Å². The van der Waals surface area contributed by atoms with Gasteiger partial charge in [-0.05, 0) is 24.3 Å². The Labute approximate surface area is 167 Å². The smallest absolute Gasteiger partial charge is 0.274 e. The van der Waals surface area contributed by atoms with Gasteiger partial charge < -0.3 is 14.1 Å². The summed E-state index contributed by atoms with van der Waals surface area (Å²) in [5, 5.41) is 0. The average molecular weight is 386 g/mol. The van der Waals surface area contributed by atoms with Crippen LogP contribution in [0.1, 0.15) is 27.8 Å². The van der Waals surface area contributed by atoms with Crippen LogP contribution in [-0.4, -0.2) is 32.3 Å². The number of carbonyl (C=O) groups excluding carboxylic acids is 1. The molecule has 2 aromatic carbocycles. The highest BCUT2D eigenvalue weighted by Gasteiger charge is 2.27. The first kappa shape index (κ1) is 17.4. The lowest BCUT2D eigenvalue weighted by atomic mass is 10.1. The van der Waals surface area contributed by atoms with Crippen LogP contribution in [0.2, 0.25) is 0 Å². The Kier molecular flexibility index (Phi) is 4.40. The van der Waals surface area contributed by atoms with E-state index >= 15 is 0 Å². The van der Waals surface area contributed by atoms with E-state index in [0.29, 0.717) is 42.4 Å². The van der Waals surface area contributed by atoms with Crippen molar-refractivity contribution in [3.63, 3.8) is 0 Å². The molecular weight excluding hydrogens is 368 g/mol. The van der Waals surface area contributed by atoms with Gasteiger partial charge in [-0.2, -0.15) is 0 Å². The van der Waals surface area contributed by atoms with Crippen LogP contribution in [0.25, 0.3) is 11.0 Å². The molecule has 144 valence electrons. The third-order valence-electron chi connectivity index (χ3n) is 4.84. The van der Waals surface area contributed by atoms with Crippen molar-refractivity contribution in [2.24, 2.45) is 0 Å². The van der Waals surface area contributed by atoms with Crippen LogP contribution in [-0.2, 0) is 19.6 Å². The van der Waals surface area contributed by atoms with Gasteiger partial charge in [0, 0.05) is 13.0 Å². The molecule has 0 unspecified atom stereocenters. The fourth-order valence-corrected chi connectivity index (χ4v) is 3.37. The zero-order valence-electron chi connectivity index (χ0n) is 15.6. The molecule has 0 spiro atoms. The summed E-state index contributed by atoms with van der Waals surface area (Å²) in [6.45, 7) is 1.17. The minimum Gasteiger partial charge on any atom is -0.484 e. The van der Waals surface area contributed by atoms with Gasteiger partial charge in [0.2, 0.25) is 5.89 Å². The van der Waals surface area contributed by atoms with Gasteiger partial charge in [-0.25, -0.2) is 9.97 Å². The van der Waals surface area contributed by atoms with E-state index in [-0.39, 0.29) is 12.5 Å². The lowest BCUT2D eigenvalue weighted by Crippen LogP contribution is -2.36. The normalized spacial score (nSPS) is 13.3. The molecule has 0 radical (unpaired) electrons. The summed E-state index contributed by atoms with van der Waals surface area (Å²) >= 11 is 0. The Morgan fingerprint density at radius 1 is 1.03 bits per heavy atom. The maximum atomic E-state index is 12.9. The molecule has 7 nitrogen and oxygen atoms in total. The number of para-hydroxylation sites is 3. The summed E-state index contributed by atoms with van der Waals surface area (Å²) in [7, 11) is 0. The van der Waals surface area contributed by atoms with Crippen molar-refractivity contribution in [2.75, 3.05) is 6.54 Å². The maximum Gasteiger partial charge on any atom is 0.274 e. The molecule has 7 heteroatoms. The second-order valence-corrected chi connectivity index (χ2v) is 6.80. The quantitative estimate of drug-likeness (QED) is 0.535. The standard InChI is InChI=1S/C22H18N4O3/c27-22(19-12-23-16-8-4-5-9-17(16)24-19)26-11-10-18-20(13-26)29-21(25-18)14-28-15-6-2-1-3-7-15/h1-9,12H,10-11,13-14H2. The van der Waals surface area contributed by atoms with Crippen molar-refractivity contribution >= 4 is 16.9 Å². The van der Waals surface area contributed by atoms with E-state index in [2.05, 4.69) is 15.0 Å². The molecule has 0 fully saturated rings. The van der Waals surface area contributed by atoms with Gasteiger partial charge in [0.25, 0.3) is 5.91 Å². The summed E-state index contributed by atoms with van der Waals surface area (Å²) in [6, 6.07) is 17.0. The number of rotatable bonds is 4. The molecule has 1 aliphatic rings. The Hall–Kier alpha value is -3.74. The first-order chi connectivity index (χ1) is 14.3. The van der Waals surface area contributed by atoms with Gasteiger partial charge in [0.05, 0.1) is 29.5 Å². The van der Waals surface area contributed by atoms with Gasteiger partial charge in [-0.1, -0.05) is 30.3 Å². The molecule has 1 amide bonds. The van der Waals surface area contributed by atoms with E-state index in [4.69, 9.17) is 9.15 Å². The van der Waals surface area contributed by atoms with Gasteiger partial charge in [0.15, 0.2) is 6.61 Å². The number of benzene rings is 2. The number of nitrogens with zero attached hydrogens (tertiary/aromatic N) is 4. The van der Waals surface area contributed by atoms with Crippen molar-refractivity contribution < 1.29 is 13.9 Å². The SMILES string of the molecule is O=C(c1cnc2ccccc2n1)N1CCc2nc(COc3ccccc3)oc2C1. The predicted octanol–water partition coefficient (Wildman–Crippen LogP) is 3.40. The van der Waals surface area contributed by atoms with Crippen molar-refractivity contribution in [3.8, 4) is 5.75 Å². The predicted molar refractivity (Wildman–Crippen MR) is 105 cm³/mol. The van der Waals surface area contributed by atoms with Crippen LogP contribution < -0.4 is 4.74 Å². The van der Waals surface area contributed by atoms with E-state index in [0.717, 1.165) is 17.0 Å². The largest absolute Gasteiger partial charge is 0.484 e. The fraction of sp³-hybridized carbons (Fsp3) is 0.182. The summed E-state index contributed by atoms with van der Waals surface area (Å²) < 4.78 is 11.5. The van der Waals surface area contributed by atoms with Crippen molar-refractivity contribution in [2.45, 2.75) is 19.6 Å². The van der Waals surface area contributed by atoms with E-state index in [9.17, 15) is 4.79 Å². The molecule has 0 saturated carbocycles. The Morgan fingerprint density at radius 3 is 2.69 bits per heavy atom. The van der Waals surface area contributed by atoms with Crippen molar-refractivity contribution in [1.29, 1.82) is 0 Å². The lowest BCUT2D eigenvalue weighted by molar-refractivity contribution is 0.0712. The van der Waals surface area contributed by atoms with Gasteiger partial charge in [-0.15, -0.1) is 0 Å². The molecule has 1 aliphatic heterocycles. The highest BCUT2D eigenvalue weighted by atomic mass is 16.5. The number of hydrogen-bond donors (Lipinski definition) is 0. The second kappa shape index (κ2) is 7.35. The highest BCUT2D eigenvalue weighted by molar-refractivity contribution is 5.93. The maximum absolute atomic E-state index is 12.9. The third-order valence-corrected chi connectivity index (χ3v) is 4.84. The third kappa shape index (κ3) is 3.54. The number of carbonyl (C=O) groups is 1. The fourth-order valence-electron chi connectivity index (χ4n) is 3.37. The van der Waals surface area contributed by atoms with Crippen LogP contribution in [0.3, 0.4) is 0 Å². The first-order valence-corrected chi connectivity index (χ1v) is 9.42. The van der Waals surface area contributed by atoms with Gasteiger partial charge in [-0.3, -0.25) is 9.78 Å². The minimum absolute atomic E-state index is 0.160. The van der Waals surface area contributed by atoms with E-state index in [1.54, 1.807) is 4.90 Å². The summed E-state index contributed by atoms with van der Waals surface area (Å²) in [5.74, 6) is 1.81. The van der Waals surface area contributed by atoms with Gasteiger partial charge >= 0.3 is 0 Å². The molecule has 29 heavy (non-hydrogen) atoms. The number of ether oxygens (including phenoxy) is 1. The molecular formula is C22H18N4O3. The molecule has 0 atom stereocenters. The number of fused-ring (bicyclic) bond motifs is 2. The zero-order valence-corrected chi connectivity index (χ0v) is 15.6. The molecule has 2 aromatic heterocycles. The minimum atomic E-state index is -0.160. The Bertz CT molecular complexity index is 1170. The number of aromatic nitrogens is 3. The van der Waals surface area contributed by atoms with E-state index in [1.165, 1.54) is 6.20 Å². The number of oxazole rings is 1. The van der Waals surface area contributed by atoms with Crippen LogP contribution in [0.4, 0.5) is 0 Å². The molecule has 3 heterocycles. The topological polar surface area (TPSA) is 81.4 Å². The van der Waals surface area contributed by atoms with Crippen LogP contribution in [0, 0.1) is 0 Å². The molecule has 0 aliphatic carbocycles. The molecule has 0 saturated heterocycles. The Balaban J connectivity index is 1.30. The van der Waals surface area contributed by atoms with Crippen LogP contribution in [0.5, 0.6) is 5.75 Å². The zero-order chi connectivity index (χ0) is 19.6. The van der Waals surface area contributed by atoms with E-state index in [1.807, 2.05) is 54.6 Å². The summed E-state index contributed by atoms with van der Waals surface area (Å²) in [4.78, 5) is 27.9. The van der Waals surface area contributed by atoms with Crippen LogP contribution >= 0.6 is 0 Å². The summed E-state index contributed by atoms with van der Waals surface area (Å²) in [5.41, 5.74) is 2.68. The lowest BCUT2D eigenvalue weighted by Gasteiger charge is -2.24. The van der Waals surface area contributed by atoms with Crippen LogP contribution in [0.15, 0.2) is 65.2 Å². The second-order valence-electron chi connectivity index (χ2n) is 6.80. The molecule has 5 rings (SSSR count). The average Bonchev–Trinajstić information content (AvgIpc) is 3.20. The Morgan fingerprint density at radius 2 is 1.83 bits per heavy atom. The number of amides is 1. The molecule has 0 N–H and O–H groups in total. The highest BCUT2D eigenvalue weighted by Crippen LogP contribution is 2.22. The molecule has 0 bridgehead atoms. The van der Waals surface area contributed by atoms with Crippen molar-refractivity contribution in [1.82, 2.24) is 19.9 Å². The first-order valence-electron chi connectivity index (χ1n) is 9.42.